The van der Waals surface area contributed by atoms with Crippen molar-refractivity contribution in [3.63, 3.8) is 0 Å². The minimum Gasteiger partial charge on any atom is -0.405 e. The number of nitrogens with zero attached hydrogens (tertiary/aromatic N) is 2. The van der Waals surface area contributed by atoms with Crippen LogP contribution >= 0.6 is 23.4 Å². The molecule has 2 aromatic rings. The van der Waals surface area contributed by atoms with Gasteiger partial charge in [-0.05, 0) is 53.6 Å². The molecule has 33 heavy (non-hydrogen) atoms. The molecule has 0 radical (unpaired) electrons. The van der Waals surface area contributed by atoms with E-state index in [9.17, 15) is 9.90 Å². The summed E-state index contributed by atoms with van der Waals surface area (Å²) >= 11 is 7.74. The summed E-state index contributed by atoms with van der Waals surface area (Å²) < 4.78 is 0. The molecule has 2 heterocycles. The molecule has 1 aliphatic heterocycles. The van der Waals surface area contributed by atoms with Gasteiger partial charge < -0.3 is 21.5 Å². The highest BCUT2D eigenvalue weighted by molar-refractivity contribution is 8.09. The monoisotopic (exact) mass is 486 g/mol. The van der Waals surface area contributed by atoms with Crippen molar-refractivity contribution in [3.8, 4) is 0 Å². The molecule has 0 fully saturated rings. The van der Waals surface area contributed by atoms with Gasteiger partial charge in [0.05, 0.1) is 17.6 Å². The van der Waals surface area contributed by atoms with Crippen LogP contribution < -0.4 is 16.4 Å². The Morgan fingerprint density at radius 1 is 1.45 bits per heavy atom. The van der Waals surface area contributed by atoms with E-state index in [4.69, 9.17) is 17.3 Å². The van der Waals surface area contributed by atoms with Crippen LogP contribution in [0.4, 0.5) is 0 Å². The van der Waals surface area contributed by atoms with Gasteiger partial charge in [-0.2, -0.15) is 5.10 Å². The van der Waals surface area contributed by atoms with Crippen molar-refractivity contribution in [3.05, 3.63) is 88.8 Å². The van der Waals surface area contributed by atoms with Gasteiger partial charge >= 0.3 is 0 Å². The number of allylic oxidation sites excluding steroid dienone is 2. The number of aromatic nitrogens is 3. The molecular weight excluding hydrogens is 460 g/mol. The minimum absolute atomic E-state index is 0.00316. The number of halogens is 1. The van der Waals surface area contributed by atoms with Gasteiger partial charge in [0.15, 0.2) is 5.82 Å². The van der Waals surface area contributed by atoms with Gasteiger partial charge in [-0.25, -0.2) is 4.98 Å². The zero-order chi connectivity index (χ0) is 23.8. The first-order chi connectivity index (χ1) is 15.9. The maximum atomic E-state index is 11.4. The largest absolute Gasteiger partial charge is 0.405 e. The number of nitrogens with two attached hydrogens (primary N) is 1. The molecular formula is C23H27ClN6O2S. The zero-order valence-electron chi connectivity index (χ0n) is 18.2. The second-order valence-electron chi connectivity index (χ2n) is 7.37. The van der Waals surface area contributed by atoms with Gasteiger partial charge in [0.25, 0.3) is 0 Å². The Hall–Kier alpha value is -2.85. The quantitative estimate of drug-likeness (QED) is 0.326. The third kappa shape index (κ3) is 6.58. The van der Waals surface area contributed by atoms with E-state index in [-0.39, 0.29) is 23.8 Å². The molecule has 1 aliphatic rings. The van der Waals surface area contributed by atoms with Crippen molar-refractivity contribution in [2.24, 2.45) is 5.73 Å². The Labute approximate surface area is 202 Å². The summed E-state index contributed by atoms with van der Waals surface area (Å²) in [6.07, 6.45) is 7.25. The lowest BCUT2D eigenvalue weighted by Gasteiger charge is -2.22. The molecule has 0 saturated carbocycles. The van der Waals surface area contributed by atoms with Gasteiger partial charge in [0.1, 0.15) is 6.33 Å². The molecule has 10 heteroatoms. The van der Waals surface area contributed by atoms with Crippen LogP contribution in [0.2, 0.25) is 5.02 Å². The van der Waals surface area contributed by atoms with Crippen LogP contribution in [-0.2, 0) is 4.79 Å². The van der Waals surface area contributed by atoms with Gasteiger partial charge in [0.2, 0.25) is 5.91 Å². The number of carbonyl (C=O) groups excluding carboxylic acids is 1. The standard InChI is InChI=1S/C23H27ClN6O2S/c1-14(29-15(2)32)11-17(7-8-25)20-12-19(22(33-20)23-27-13-28-30-23)21(26-9-10-31)16-3-5-18(24)6-4-16/h3-8,11,13,20-21,26,31H,1,9-10,12,25H2,2H3,(H,29,32)(H,27,28,30)/b8-7-,17-11+. The van der Waals surface area contributed by atoms with Crippen LogP contribution in [0.3, 0.4) is 0 Å². The van der Waals surface area contributed by atoms with Gasteiger partial charge in [0, 0.05) is 29.4 Å². The molecule has 1 aromatic heterocycles. The van der Waals surface area contributed by atoms with Crippen molar-refractivity contribution in [2.75, 3.05) is 13.2 Å². The Morgan fingerprint density at radius 2 is 2.21 bits per heavy atom. The van der Waals surface area contributed by atoms with Crippen LogP contribution in [0.1, 0.15) is 30.8 Å². The van der Waals surface area contributed by atoms with Crippen molar-refractivity contribution in [2.45, 2.75) is 24.6 Å². The lowest BCUT2D eigenvalue weighted by atomic mass is 9.92. The van der Waals surface area contributed by atoms with Crippen molar-refractivity contribution in [1.29, 1.82) is 0 Å². The predicted octanol–water partition coefficient (Wildman–Crippen LogP) is 3.05. The maximum Gasteiger partial charge on any atom is 0.221 e. The average Bonchev–Trinajstić information content (AvgIpc) is 3.44. The highest BCUT2D eigenvalue weighted by atomic mass is 35.5. The summed E-state index contributed by atoms with van der Waals surface area (Å²) in [6.45, 7) is 5.78. The van der Waals surface area contributed by atoms with E-state index < -0.39 is 0 Å². The van der Waals surface area contributed by atoms with Gasteiger partial charge in [-0.1, -0.05) is 30.3 Å². The molecule has 1 amide bonds. The third-order valence-electron chi connectivity index (χ3n) is 4.94. The molecule has 0 spiro atoms. The molecule has 0 saturated heterocycles. The van der Waals surface area contributed by atoms with Gasteiger partial charge in [-0.3, -0.25) is 9.89 Å². The first-order valence-electron chi connectivity index (χ1n) is 10.3. The first-order valence-corrected chi connectivity index (χ1v) is 11.6. The van der Waals surface area contributed by atoms with Crippen LogP contribution in [0, 0.1) is 0 Å². The molecule has 0 aliphatic carbocycles. The summed E-state index contributed by atoms with van der Waals surface area (Å²) in [7, 11) is 0. The zero-order valence-corrected chi connectivity index (χ0v) is 19.8. The molecule has 2 unspecified atom stereocenters. The van der Waals surface area contributed by atoms with Crippen molar-refractivity contribution >= 4 is 34.2 Å². The highest BCUT2D eigenvalue weighted by Gasteiger charge is 2.34. The predicted molar refractivity (Wildman–Crippen MR) is 133 cm³/mol. The highest BCUT2D eigenvalue weighted by Crippen LogP contribution is 2.49. The average molecular weight is 487 g/mol. The number of thioether (sulfide) groups is 1. The van der Waals surface area contributed by atoms with E-state index in [2.05, 4.69) is 32.4 Å². The molecule has 8 nitrogen and oxygen atoms in total. The Morgan fingerprint density at radius 3 is 2.82 bits per heavy atom. The van der Waals surface area contributed by atoms with E-state index in [1.54, 1.807) is 11.8 Å². The summed E-state index contributed by atoms with van der Waals surface area (Å²) in [5.74, 6) is 0.475. The lowest BCUT2D eigenvalue weighted by molar-refractivity contribution is -0.118. The fourth-order valence-corrected chi connectivity index (χ4v) is 5.16. The molecule has 1 aromatic carbocycles. The third-order valence-corrected chi connectivity index (χ3v) is 6.60. The van der Waals surface area contributed by atoms with E-state index in [1.807, 2.05) is 36.4 Å². The lowest BCUT2D eigenvalue weighted by Crippen LogP contribution is -2.26. The van der Waals surface area contributed by atoms with E-state index in [0.29, 0.717) is 29.5 Å². The van der Waals surface area contributed by atoms with E-state index >= 15 is 0 Å². The van der Waals surface area contributed by atoms with E-state index in [0.717, 1.165) is 21.6 Å². The summed E-state index contributed by atoms with van der Waals surface area (Å²) in [4.78, 5) is 16.8. The number of aliphatic hydroxyl groups is 1. The van der Waals surface area contributed by atoms with Gasteiger partial charge in [-0.15, -0.1) is 11.8 Å². The minimum atomic E-state index is -0.191. The molecule has 2 atom stereocenters. The van der Waals surface area contributed by atoms with Crippen LogP contribution in [0.15, 0.2) is 72.4 Å². The normalized spacial score (nSPS) is 17.5. The number of amides is 1. The summed E-state index contributed by atoms with van der Waals surface area (Å²) in [5, 5.41) is 23.2. The number of rotatable bonds is 10. The Balaban J connectivity index is 2.01. The summed E-state index contributed by atoms with van der Waals surface area (Å²) in [5.41, 5.74) is 9.23. The SMILES string of the molecule is C=C(/C=C(\C=C/N)C1CC(C(NCCO)c2ccc(Cl)cc2)=C(c2ncn[nH]2)S1)NC(C)=O. The first kappa shape index (κ1) is 24.8. The molecule has 6 N–H and O–H groups in total. The van der Waals surface area contributed by atoms with Crippen LogP contribution in [0.5, 0.6) is 0 Å². The molecule has 174 valence electrons. The summed E-state index contributed by atoms with van der Waals surface area (Å²) in [6, 6.07) is 7.45. The van der Waals surface area contributed by atoms with E-state index in [1.165, 1.54) is 19.5 Å². The molecule has 3 rings (SSSR count). The number of aliphatic hydroxyl groups excluding tert-OH is 1. The fraction of sp³-hybridized carbons (Fsp3) is 0.261. The fourth-order valence-electron chi connectivity index (χ4n) is 3.64. The Bertz CT molecular complexity index is 1060. The number of carbonyl (C=O) groups is 1. The topological polar surface area (TPSA) is 129 Å². The number of H-pyrrole nitrogens is 1. The number of hydrogen-bond acceptors (Lipinski definition) is 7. The second kappa shape index (κ2) is 11.9. The number of nitrogens with one attached hydrogen (secondary N) is 3. The second-order valence-corrected chi connectivity index (χ2v) is 9.02. The number of benzene rings is 1. The Kier molecular flexibility index (Phi) is 8.90. The van der Waals surface area contributed by atoms with Crippen LogP contribution in [0.25, 0.3) is 4.91 Å². The van der Waals surface area contributed by atoms with Crippen molar-refractivity contribution in [1.82, 2.24) is 25.8 Å². The molecule has 0 bridgehead atoms. The number of aromatic amines is 1. The smallest absolute Gasteiger partial charge is 0.221 e. The maximum absolute atomic E-state index is 11.4. The van der Waals surface area contributed by atoms with Crippen LogP contribution in [-0.4, -0.2) is 44.6 Å². The van der Waals surface area contributed by atoms with Crippen molar-refractivity contribution < 1.29 is 9.90 Å². The number of hydrogen-bond donors (Lipinski definition) is 5.